The predicted octanol–water partition coefficient (Wildman–Crippen LogP) is 11.3. The van der Waals surface area contributed by atoms with Crippen LogP contribution in [-0.2, 0) is 0 Å². The first-order valence-electron chi connectivity index (χ1n) is 17.4. The summed E-state index contributed by atoms with van der Waals surface area (Å²) >= 11 is 0. The number of aromatic nitrogens is 1. The van der Waals surface area contributed by atoms with Crippen molar-refractivity contribution in [1.82, 2.24) is 4.57 Å². The standard InChI is InChI=1S/C47H31N5/c1-30-23-37-29-51(43-16-4-2-13-40(43)42(37)25-36(30)28-50)38-21-19-31(20-22-38)32-9-6-10-33(24-32)39-15-7-12-35(27-49)47(39)52-44-17-5-3-14-41(44)46-34(26-48)11-8-18-45(46)52/h2-22,24-25,30H,23,29H2,1H3. The molecule has 0 N–H and O–H groups in total. The molecular formula is C47H31N5. The van der Waals surface area contributed by atoms with Crippen LogP contribution in [0.4, 0.5) is 11.4 Å². The first-order chi connectivity index (χ1) is 25.6. The first-order valence-corrected chi connectivity index (χ1v) is 17.4. The predicted molar refractivity (Wildman–Crippen MR) is 209 cm³/mol. The van der Waals surface area contributed by atoms with E-state index < -0.39 is 0 Å². The van der Waals surface area contributed by atoms with Gasteiger partial charge in [0.25, 0.3) is 0 Å². The lowest BCUT2D eigenvalue weighted by atomic mass is 9.80. The Labute approximate surface area is 302 Å². The van der Waals surface area contributed by atoms with Gasteiger partial charge in [-0.15, -0.1) is 0 Å². The molecular weight excluding hydrogens is 635 g/mol. The highest BCUT2D eigenvalue weighted by Gasteiger charge is 2.29. The Morgan fingerprint density at radius 3 is 2.13 bits per heavy atom. The van der Waals surface area contributed by atoms with E-state index in [0.29, 0.717) is 11.1 Å². The molecule has 0 bridgehead atoms. The van der Waals surface area contributed by atoms with Crippen LogP contribution >= 0.6 is 0 Å². The van der Waals surface area contributed by atoms with E-state index in [4.69, 9.17) is 0 Å². The van der Waals surface area contributed by atoms with Gasteiger partial charge < -0.3 is 9.47 Å². The average Bonchev–Trinajstić information content (AvgIpc) is 3.54. The summed E-state index contributed by atoms with van der Waals surface area (Å²) in [6, 6.07) is 52.7. The topological polar surface area (TPSA) is 79.5 Å². The second-order valence-corrected chi connectivity index (χ2v) is 13.5. The second kappa shape index (κ2) is 12.3. The molecule has 1 unspecified atom stereocenters. The van der Waals surface area contributed by atoms with Gasteiger partial charge in [0.05, 0.1) is 40.0 Å². The molecule has 0 spiro atoms. The molecule has 0 saturated carbocycles. The number of hydrogen-bond acceptors (Lipinski definition) is 4. The lowest BCUT2D eigenvalue weighted by molar-refractivity contribution is 0.670. The number of benzene rings is 6. The molecule has 244 valence electrons. The maximum Gasteiger partial charge on any atom is 0.101 e. The number of para-hydroxylation sites is 3. The van der Waals surface area contributed by atoms with Gasteiger partial charge >= 0.3 is 0 Å². The minimum Gasteiger partial charge on any atom is -0.337 e. The second-order valence-electron chi connectivity index (χ2n) is 13.5. The molecule has 2 heterocycles. The highest BCUT2D eigenvalue weighted by atomic mass is 15.1. The van der Waals surface area contributed by atoms with Gasteiger partial charge in [0, 0.05) is 45.4 Å². The third-order valence-electron chi connectivity index (χ3n) is 10.6. The Kier molecular flexibility index (Phi) is 7.32. The van der Waals surface area contributed by atoms with Crippen molar-refractivity contribution in [3.05, 3.63) is 167 Å². The van der Waals surface area contributed by atoms with Crippen molar-refractivity contribution >= 4 is 38.8 Å². The molecule has 6 aromatic carbocycles. The zero-order valence-corrected chi connectivity index (χ0v) is 28.5. The van der Waals surface area contributed by atoms with Crippen LogP contribution in [0.2, 0.25) is 0 Å². The molecule has 1 aromatic heterocycles. The molecule has 0 amide bonds. The van der Waals surface area contributed by atoms with Crippen LogP contribution in [-0.4, -0.2) is 11.1 Å². The number of allylic oxidation sites excluding steroid dienone is 3. The van der Waals surface area contributed by atoms with Crippen LogP contribution in [0.15, 0.2) is 151 Å². The summed E-state index contributed by atoms with van der Waals surface area (Å²) in [6.45, 7) is 2.93. The molecule has 5 heteroatoms. The Bertz CT molecular complexity index is 2790. The smallest absolute Gasteiger partial charge is 0.101 e. The number of anilines is 2. The van der Waals surface area contributed by atoms with E-state index in [1.807, 2.05) is 48.5 Å². The van der Waals surface area contributed by atoms with Gasteiger partial charge in [0.15, 0.2) is 0 Å². The Morgan fingerprint density at radius 2 is 1.31 bits per heavy atom. The van der Waals surface area contributed by atoms with Gasteiger partial charge in [0.2, 0.25) is 0 Å². The summed E-state index contributed by atoms with van der Waals surface area (Å²) in [5, 5.41) is 32.0. The van der Waals surface area contributed by atoms with Crippen LogP contribution in [0.25, 0.3) is 55.3 Å². The van der Waals surface area contributed by atoms with Crippen molar-refractivity contribution in [2.45, 2.75) is 13.3 Å². The first kappa shape index (κ1) is 30.9. The number of hydrogen-bond donors (Lipinski definition) is 0. The van der Waals surface area contributed by atoms with Crippen molar-refractivity contribution < 1.29 is 0 Å². The monoisotopic (exact) mass is 665 g/mol. The van der Waals surface area contributed by atoms with Crippen LogP contribution < -0.4 is 4.90 Å². The summed E-state index contributed by atoms with van der Waals surface area (Å²) in [5.74, 6) is 0.213. The summed E-state index contributed by atoms with van der Waals surface area (Å²) < 4.78 is 2.14. The summed E-state index contributed by atoms with van der Waals surface area (Å²) in [5.41, 5.74) is 14.8. The van der Waals surface area contributed by atoms with Crippen molar-refractivity contribution in [1.29, 1.82) is 15.8 Å². The fourth-order valence-electron chi connectivity index (χ4n) is 8.15. The van der Waals surface area contributed by atoms with Crippen LogP contribution in [0, 0.1) is 39.9 Å². The maximum atomic E-state index is 10.4. The van der Waals surface area contributed by atoms with Gasteiger partial charge in [-0.2, -0.15) is 15.8 Å². The number of fused-ring (bicyclic) bond motifs is 5. The molecule has 1 aliphatic heterocycles. The third-order valence-corrected chi connectivity index (χ3v) is 10.6. The molecule has 9 rings (SSSR count). The molecule has 5 nitrogen and oxygen atoms in total. The fourth-order valence-corrected chi connectivity index (χ4v) is 8.15. The van der Waals surface area contributed by atoms with Crippen molar-refractivity contribution in [2.75, 3.05) is 11.4 Å². The molecule has 7 aromatic rings. The van der Waals surface area contributed by atoms with Crippen LogP contribution in [0.3, 0.4) is 0 Å². The van der Waals surface area contributed by atoms with E-state index in [2.05, 4.69) is 126 Å². The van der Waals surface area contributed by atoms with E-state index >= 15 is 0 Å². The normalized spacial score (nSPS) is 15.0. The quantitative estimate of drug-likeness (QED) is 0.187. The third kappa shape index (κ3) is 4.82. The lowest BCUT2D eigenvalue weighted by Gasteiger charge is -2.36. The zero-order valence-electron chi connectivity index (χ0n) is 28.5. The Morgan fingerprint density at radius 1 is 0.615 bits per heavy atom. The van der Waals surface area contributed by atoms with E-state index in [9.17, 15) is 15.8 Å². The van der Waals surface area contributed by atoms with E-state index in [1.165, 1.54) is 16.7 Å². The van der Waals surface area contributed by atoms with Crippen LogP contribution in [0.5, 0.6) is 0 Å². The molecule has 0 saturated heterocycles. The van der Waals surface area contributed by atoms with E-state index in [0.717, 1.165) is 79.7 Å². The van der Waals surface area contributed by atoms with Gasteiger partial charge in [-0.25, -0.2) is 0 Å². The summed E-state index contributed by atoms with van der Waals surface area (Å²) in [4.78, 5) is 2.38. The highest BCUT2D eigenvalue weighted by Crippen LogP contribution is 2.45. The molecule has 1 atom stereocenters. The maximum absolute atomic E-state index is 10.4. The number of nitriles is 3. The Balaban J connectivity index is 1.12. The van der Waals surface area contributed by atoms with Gasteiger partial charge in [-0.1, -0.05) is 91.9 Å². The number of nitrogens with zero attached hydrogens (tertiary/aromatic N) is 5. The van der Waals surface area contributed by atoms with Crippen molar-refractivity contribution in [3.8, 4) is 46.1 Å². The minimum absolute atomic E-state index is 0.213. The zero-order chi connectivity index (χ0) is 35.3. The molecule has 1 aliphatic carbocycles. The largest absolute Gasteiger partial charge is 0.337 e. The van der Waals surface area contributed by atoms with Crippen molar-refractivity contribution in [2.24, 2.45) is 5.92 Å². The molecule has 0 radical (unpaired) electrons. The molecule has 0 fully saturated rings. The lowest BCUT2D eigenvalue weighted by Crippen LogP contribution is -2.27. The highest BCUT2D eigenvalue weighted by molar-refractivity contribution is 6.12. The molecule has 52 heavy (non-hydrogen) atoms. The fraction of sp³-hybridized carbons (Fsp3) is 0.0851. The average molecular weight is 666 g/mol. The van der Waals surface area contributed by atoms with Crippen molar-refractivity contribution in [3.63, 3.8) is 0 Å². The summed E-state index contributed by atoms with van der Waals surface area (Å²) in [7, 11) is 0. The summed E-state index contributed by atoms with van der Waals surface area (Å²) in [6.07, 6.45) is 2.98. The van der Waals surface area contributed by atoms with E-state index in [1.54, 1.807) is 0 Å². The van der Waals surface area contributed by atoms with E-state index in [-0.39, 0.29) is 5.92 Å². The number of rotatable bonds is 4. The van der Waals surface area contributed by atoms with Gasteiger partial charge in [-0.3, -0.25) is 0 Å². The van der Waals surface area contributed by atoms with Gasteiger partial charge in [-0.05, 0) is 94.8 Å². The van der Waals surface area contributed by atoms with Crippen LogP contribution in [0.1, 0.15) is 30.0 Å². The minimum atomic E-state index is 0.213. The molecule has 2 aliphatic rings. The SMILES string of the molecule is CC1CC2=C(C=C1C#N)c1ccccc1N(c1ccc(-c3cccc(-c4cccc(C#N)c4-n4c5ccccc5c5c(C#N)cccc54)c3)cc1)C2. The Hall–Kier alpha value is -7.13. The van der Waals surface area contributed by atoms with Gasteiger partial charge in [0.1, 0.15) is 6.07 Å².